The van der Waals surface area contributed by atoms with Gasteiger partial charge in [-0.2, -0.15) is 9.97 Å². The number of hydrogen-bond acceptors (Lipinski definition) is 5. The van der Waals surface area contributed by atoms with Crippen molar-refractivity contribution in [2.45, 2.75) is 29.1 Å². The number of nitrogens with one attached hydrogen (secondary N) is 1. The fourth-order valence-electron chi connectivity index (χ4n) is 3.03. The third-order valence-corrected chi connectivity index (χ3v) is 5.15. The summed E-state index contributed by atoms with van der Waals surface area (Å²) in [5.74, 6) is 0.870. The lowest BCUT2D eigenvalue weighted by atomic mass is 10.1. The summed E-state index contributed by atoms with van der Waals surface area (Å²) in [6.45, 7) is 1.88. The van der Waals surface area contributed by atoms with Gasteiger partial charge >= 0.3 is 0 Å². The van der Waals surface area contributed by atoms with Gasteiger partial charge in [0, 0.05) is 23.2 Å². The number of nitrogens with zero attached hydrogens (tertiary/aromatic N) is 4. The smallest absolute Gasteiger partial charge is 0.250 e. The molecule has 2 heterocycles. The van der Waals surface area contributed by atoms with Crippen molar-refractivity contribution < 1.29 is 0 Å². The highest BCUT2D eigenvalue weighted by Gasteiger charge is 2.28. The second-order valence-corrected chi connectivity index (χ2v) is 9.02. The minimum Gasteiger partial charge on any atom is -0.354 e. The average Bonchev–Trinajstić information content (AvgIpc) is 2.99. The number of rotatable bonds is 5. The molecule has 140 valence electrons. The molecule has 1 aromatic heterocycles. The minimum atomic E-state index is -1.74. The monoisotopic (exact) mass is 433 g/mol. The summed E-state index contributed by atoms with van der Waals surface area (Å²) >= 11 is 24.1. The molecule has 1 atom stereocenters. The van der Waals surface area contributed by atoms with Crippen molar-refractivity contribution in [2.24, 2.45) is 0 Å². The number of benzene rings is 1. The molecular weight excluding hydrogens is 416 g/mol. The van der Waals surface area contributed by atoms with Crippen LogP contribution in [-0.4, -0.2) is 46.0 Å². The first-order chi connectivity index (χ1) is 12.3. The standard InChI is InChI=1S/C17H19Cl4N5/c1-26-9-3-6-13(26)7-8-22-16-24-14(11-4-2-5-12(18)10-11)23-15(25-16)17(19,20)21/h2,4-5,10,13H,3,6-9H2,1H3,(H,22,23,24,25). The summed E-state index contributed by atoms with van der Waals surface area (Å²) in [6.07, 6.45) is 3.45. The van der Waals surface area contributed by atoms with Crippen LogP contribution in [0.1, 0.15) is 25.1 Å². The Balaban J connectivity index is 1.81. The van der Waals surface area contributed by atoms with E-state index >= 15 is 0 Å². The van der Waals surface area contributed by atoms with Crippen molar-refractivity contribution >= 4 is 52.4 Å². The summed E-state index contributed by atoms with van der Waals surface area (Å²) < 4.78 is -1.74. The van der Waals surface area contributed by atoms with Gasteiger partial charge in [0.05, 0.1) is 0 Å². The van der Waals surface area contributed by atoms with Gasteiger partial charge in [-0.05, 0) is 45.0 Å². The molecule has 0 bridgehead atoms. The normalized spacial score (nSPS) is 18.3. The molecule has 3 rings (SSSR count). The average molecular weight is 435 g/mol. The molecule has 1 aliphatic rings. The third kappa shape index (κ3) is 5.11. The molecule has 9 heteroatoms. The zero-order valence-electron chi connectivity index (χ0n) is 14.2. The maximum Gasteiger partial charge on any atom is 0.250 e. The van der Waals surface area contributed by atoms with Gasteiger partial charge < -0.3 is 10.2 Å². The van der Waals surface area contributed by atoms with Crippen LogP contribution >= 0.6 is 46.4 Å². The van der Waals surface area contributed by atoms with Gasteiger partial charge in [0.25, 0.3) is 0 Å². The first kappa shape index (κ1) is 19.9. The zero-order chi connectivity index (χ0) is 18.7. The van der Waals surface area contributed by atoms with E-state index in [1.54, 1.807) is 12.1 Å². The zero-order valence-corrected chi connectivity index (χ0v) is 17.2. The second-order valence-electron chi connectivity index (χ2n) is 6.31. The second kappa shape index (κ2) is 8.44. The Morgan fingerprint density at radius 1 is 1.23 bits per heavy atom. The number of hydrogen-bond donors (Lipinski definition) is 1. The molecule has 0 amide bonds. The van der Waals surface area contributed by atoms with E-state index in [2.05, 4.69) is 32.2 Å². The summed E-state index contributed by atoms with van der Waals surface area (Å²) in [4.78, 5) is 15.4. The molecule has 0 aliphatic carbocycles. The van der Waals surface area contributed by atoms with Crippen LogP contribution in [0.3, 0.4) is 0 Å². The van der Waals surface area contributed by atoms with Gasteiger partial charge in [0.1, 0.15) is 0 Å². The van der Waals surface area contributed by atoms with E-state index in [0.717, 1.165) is 25.1 Å². The summed E-state index contributed by atoms with van der Waals surface area (Å²) in [5, 5.41) is 3.81. The van der Waals surface area contributed by atoms with E-state index in [-0.39, 0.29) is 5.82 Å². The summed E-state index contributed by atoms with van der Waals surface area (Å²) in [5.41, 5.74) is 0.731. The lowest BCUT2D eigenvalue weighted by Crippen LogP contribution is -2.27. The lowest BCUT2D eigenvalue weighted by Gasteiger charge is -2.19. The lowest BCUT2D eigenvalue weighted by molar-refractivity contribution is 0.301. The van der Waals surface area contributed by atoms with Crippen molar-refractivity contribution in [1.29, 1.82) is 0 Å². The molecule has 1 aromatic carbocycles. The Hall–Kier alpha value is -0.850. The highest BCUT2D eigenvalue weighted by atomic mass is 35.6. The van der Waals surface area contributed by atoms with Gasteiger partial charge in [-0.3, -0.25) is 0 Å². The highest BCUT2D eigenvalue weighted by Crippen LogP contribution is 2.37. The fourth-order valence-corrected chi connectivity index (χ4v) is 3.48. The first-order valence-corrected chi connectivity index (χ1v) is 9.87. The van der Waals surface area contributed by atoms with E-state index < -0.39 is 3.79 Å². The summed E-state index contributed by atoms with van der Waals surface area (Å²) in [7, 11) is 2.15. The number of likely N-dealkylation sites (tertiary alicyclic amines) is 1. The Bertz CT molecular complexity index is 765. The van der Waals surface area contributed by atoms with Crippen LogP contribution in [0.25, 0.3) is 11.4 Å². The van der Waals surface area contributed by atoms with E-state index in [0.29, 0.717) is 22.8 Å². The fraction of sp³-hybridized carbons (Fsp3) is 0.471. The Morgan fingerprint density at radius 3 is 2.69 bits per heavy atom. The maximum absolute atomic E-state index is 6.06. The Morgan fingerprint density at radius 2 is 2.04 bits per heavy atom. The molecule has 0 radical (unpaired) electrons. The molecule has 1 saturated heterocycles. The van der Waals surface area contributed by atoms with Crippen LogP contribution in [0.15, 0.2) is 24.3 Å². The van der Waals surface area contributed by atoms with Gasteiger partial charge in [0.2, 0.25) is 9.74 Å². The minimum absolute atomic E-state index is 0.0768. The number of aromatic nitrogens is 3. The largest absolute Gasteiger partial charge is 0.354 e. The topological polar surface area (TPSA) is 53.9 Å². The van der Waals surface area contributed by atoms with E-state index in [1.807, 2.05) is 12.1 Å². The van der Waals surface area contributed by atoms with Crippen molar-refractivity contribution in [3.63, 3.8) is 0 Å². The third-order valence-electron chi connectivity index (χ3n) is 4.40. The van der Waals surface area contributed by atoms with Crippen molar-refractivity contribution in [1.82, 2.24) is 19.9 Å². The molecule has 0 spiro atoms. The van der Waals surface area contributed by atoms with Crippen LogP contribution in [0.4, 0.5) is 5.95 Å². The van der Waals surface area contributed by atoms with Gasteiger partial charge in [0.15, 0.2) is 11.6 Å². The molecule has 1 aliphatic heterocycles. The number of alkyl halides is 3. The molecule has 5 nitrogen and oxygen atoms in total. The van der Waals surface area contributed by atoms with E-state index in [1.165, 1.54) is 12.8 Å². The van der Waals surface area contributed by atoms with Crippen LogP contribution in [0, 0.1) is 0 Å². The predicted molar refractivity (Wildman–Crippen MR) is 108 cm³/mol. The van der Waals surface area contributed by atoms with Gasteiger partial charge in [-0.25, -0.2) is 4.98 Å². The molecule has 1 fully saturated rings. The molecule has 0 saturated carbocycles. The summed E-state index contributed by atoms with van der Waals surface area (Å²) in [6, 6.07) is 7.78. The predicted octanol–water partition coefficient (Wildman–Crippen LogP) is 4.91. The van der Waals surface area contributed by atoms with Crippen molar-refractivity contribution in [3.8, 4) is 11.4 Å². The van der Waals surface area contributed by atoms with E-state index in [4.69, 9.17) is 46.4 Å². The van der Waals surface area contributed by atoms with E-state index in [9.17, 15) is 0 Å². The quantitative estimate of drug-likeness (QED) is 0.677. The van der Waals surface area contributed by atoms with Crippen LogP contribution in [0.5, 0.6) is 0 Å². The van der Waals surface area contributed by atoms with Gasteiger partial charge in [-0.1, -0.05) is 58.5 Å². The molecule has 1 N–H and O–H groups in total. The Labute approximate surface area is 173 Å². The highest BCUT2D eigenvalue weighted by molar-refractivity contribution is 6.66. The molecule has 26 heavy (non-hydrogen) atoms. The molecule has 2 aromatic rings. The maximum atomic E-state index is 6.06. The molecule has 1 unspecified atom stereocenters. The molecular formula is C17H19Cl4N5. The van der Waals surface area contributed by atoms with Crippen LogP contribution < -0.4 is 5.32 Å². The first-order valence-electron chi connectivity index (χ1n) is 8.36. The van der Waals surface area contributed by atoms with Gasteiger partial charge in [-0.15, -0.1) is 0 Å². The SMILES string of the molecule is CN1CCCC1CCNc1nc(-c2cccc(Cl)c2)nc(C(Cl)(Cl)Cl)n1. The van der Waals surface area contributed by atoms with Crippen LogP contribution in [-0.2, 0) is 3.79 Å². The van der Waals surface area contributed by atoms with Crippen LogP contribution in [0.2, 0.25) is 5.02 Å². The number of halogens is 4. The van der Waals surface area contributed by atoms with Crippen molar-refractivity contribution in [2.75, 3.05) is 25.5 Å². The number of anilines is 1. The Kier molecular flexibility index (Phi) is 6.46. The van der Waals surface area contributed by atoms with Crippen molar-refractivity contribution in [3.05, 3.63) is 35.1 Å².